The van der Waals surface area contributed by atoms with Gasteiger partial charge in [-0.25, -0.2) is 38.2 Å². The maximum Gasteiger partial charge on any atom is 0.227 e. The standard InChI is InChI=1S/C32H33N2O.3C28H27N2O/c1-20(2)28-18-17-27-26-16-11-21(3)29(31(26)35-32(27)33-28)30-25(10-7-19-34(30)4)24-14-12-23(13-15-24)22-8-5-6-9-22;1-17(2)24-14-13-23-22-12-11-19(4)25(27(22)31-28(23)29-24)26-21(10-7-15-30(26)5)20-9-6-8-18(3)16-20;1-17(2)24-13-12-23-22-11-9-19(4)26(27(22)31-28(23)29-24)25-14-10-21(16-30(25)5)20-8-6-7-18(3)15-20;1-17(2)24-12-11-23-22-10-9-19(4)26(27(22)31-28(23)29-24)25-16-21(13-14-30(25)5)20-8-6-7-18(3)15-20/h7,10-20,22H,5-6,8-9H2,1-4H3;3*6-17H,1-5H3/q4*+1. The first kappa shape index (κ1) is 85.0. The first-order chi connectivity index (χ1) is 61.8. The molecule has 12 heteroatoms. The van der Waals surface area contributed by atoms with Gasteiger partial charge in [0.15, 0.2) is 47.1 Å². The second-order valence-corrected chi connectivity index (χ2v) is 36.7. The van der Waals surface area contributed by atoms with Gasteiger partial charge < -0.3 is 17.7 Å². The second-order valence-electron chi connectivity index (χ2n) is 36.7. The Morgan fingerprint density at radius 1 is 0.281 bits per heavy atom. The summed E-state index contributed by atoms with van der Waals surface area (Å²) in [5.74, 6) is 2.18. The number of hydrogen-bond acceptors (Lipinski definition) is 8. The molecule has 638 valence electrons. The number of nitrogens with zero attached hydrogens (tertiary/aromatic N) is 8. The monoisotopic (exact) mass is 1680 g/mol. The van der Waals surface area contributed by atoms with Crippen LogP contribution in [0.2, 0.25) is 0 Å². The van der Waals surface area contributed by atoms with Crippen LogP contribution < -0.4 is 18.3 Å². The van der Waals surface area contributed by atoms with Crippen LogP contribution in [0.1, 0.15) is 178 Å². The van der Waals surface area contributed by atoms with Crippen molar-refractivity contribution in [1.82, 2.24) is 19.9 Å². The molecule has 0 amide bonds. The van der Waals surface area contributed by atoms with Gasteiger partial charge in [-0.1, -0.05) is 231 Å². The van der Waals surface area contributed by atoms with E-state index in [2.05, 4.69) is 418 Å². The maximum absolute atomic E-state index is 6.52. The van der Waals surface area contributed by atoms with Gasteiger partial charge in [0.05, 0.1) is 33.4 Å². The zero-order chi connectivity index (χ0) is 89.2. The molecule has 1 fully saturated rings. The average Bonchev–Trinajstić information content (AvgIpc) is 1.65. The van der Waals surface area contributed by atoms with Gasteiger partial charge in [-0.3, -0.25) is 0 Å². The van der Waals surface area contributed by atoms with E-state index in [9.17, 15) is 0 Å². The number of aromatic nitrogens is 8. The van der Waals surface area contributed by atoms with Crippen LogP contribution >= 0.6 is 0 Å². The predicted octanol–water partition coefficient (Wildman–Crippen LogP) is 28.9. The quantitative estimate of drug-likeness (QED) is 0.105. The molecule has 1 aliphatic carbocycles. The van der Waals surface area contributed by atoms with Crippen LogP contribution in [0.25, 0.3) is 178 Å². The van der Waals surface area contributed by atoms with Gasteiger partial charge in [0.1, 0.15) is 28.2 Å². The van der Waals surface area contributed by atoms with Crippen molar-refractivity contribution < 1.29 is 35.9 Å². The summed E-state index contributed by atoms with van der Waals surface area (Å²) in [5.41, 5.74) is 39.5. The zero-order valence-corrected chi connectivity index (χ0v) is 77.3. The molecule has 0 unspecified atom stereocenters. The first-order valence-corrected chi connectivity index (χ1v) is 45.4. The van der Waals surface area contributed by atoms with Gasteiger partial charge in [0.2, 0.25) is 45.6 Å². The molecule has 1 aliphatic rings. The molecule has 128 heavy (non-hydrogen) atoms. The van der Waals surface area contributed by atoms with E-state index >= 15 is 0 Å². The Bertz CT molecular complexity index is 7670. The summed E-state index contributed by atoms with van der Waals surface area (Å²) in [7, 11) is 8.42. The SMILES string of the molecule is Cc1ccc2c(oc3nc(C(C)C)ccc32)c1-c1c(-c2ccc(C3CCCC3)cc2)ccc[n+]1C.Cc1cccc(-c2cc[n+](C)c(-c3c(C)ccc4c3oc3nc(C(C)C)ccc34)c2)c1.Cc1cccc(-c2ccc(-c3c(C)ccc4c3oc3nc(C(C)C)ccc34)[n+](C)c2)c1.Cc1cccc(-c2ccc[n+](C)c2-c2c(C)ccc3c2oc2nc(C(C)C)ccc23)c1. The summed E-state index contributed by atoms with van der Waals surface area (Å²) in [6, 6.07) is 87.1. The minimum atomic E-state index is 0.360. The molecule has 0 atom stereocenters. The summed E-state index contributed by atoms with van der Waals surface area (Å²) in [5, 5.41) is 8.73. The zero-order valence-electron chi connectivity index (χ0n) is 77.3. The molecular formula is C116H114N8O4+4. The minimum Gasteiger partial charge on any atom is -0.437 e. The van der Waals surface area contributed by atoms with E-state index in [0.717, 1.165) is 139 Å². The average molecular weight is 1680 g/mol. The van der Waals surface area contributed by atoms with Crippen molar-refractivity contribution in [1.29, 1.82) is 0 Å². The van der Waals surface area contributed by atoms with Crippen LogP contribution in [0.5, 0.6) is 0 Å². The van der Waals surface area contributed by atoms with E-state index in [1.807, 2.05) is 0 Å². The Kier molecular flexibility index (Phi) is 23.4. The van der Waals surface area contributed by atoms with E-state index in [4.69, 9.17) is 37.6 Å². The van der Waals surface area contributed by atoms with E-state index in [1.165, 1.54) is 120 Å². The smallest absolute Gasteiger partial charge is 0.227 e. The van der Waals surface area contributed by atoms with Gasteiger partial charge in [0.25, 0.3) is 0 Å². The lowest BCUT2D eigenvalue weighted by molar-refractivity contribution is -0.660. The van der Waals surface area contributed by atoms with Crippen LogP contribution in [-0.4, -0.2) is 19.9 Å². The molecule has 0 bridgehead atoms. The minimum absolute atomic E-state index is 0.360. The highest BCUT2D eigenvalue weighted by molar-refractivity contribution is 6.13. The molecule has 12 aromatic heterocycles. The van der Waals surface area contributed by atoms with Crippen LogP contribution in [0.15, 0.2) is 285 Å². The van der Waals surface area contributed by atoms with E-state index in [1.54, 1.807) is 0 Å². The van der Waals surface area contributed by atoms with Crippen molar-refractivity contribution in [3.05, 3.63) is 335 Å². The lowest BCUT2D eigenvalue weighted by Gasteiger charge is -2.13. The molecule has 12 nitrogen and oxygen atoms in total. The Morgan fingerprint density at radius 3 is 1.02 bits per heavy atom. The topological polar surface area (TPSA) is 120 Å². The largest absolute Gasteiger partial charge is 0.437 e. The first-order valence-electron chi connectivity index (χ1n) is 45.4. The molecular weight excluding hydrogens is 1570 g/mol. The summed E-state index contributed by atoms with van der Waals surface area (Å²) < 4.78 is 34.5. The number of aryl methyl sites for hydroxylation is 11. The predicted molar refractivity (Wildman–Crippen MR) is 525 cm³/mol. The second kappa shape index (κ2) is 35.2. The molecule has 1 saturated carbocycles. The van der Waals surface area contributed by atoms with Gasteiger partial charge in [-0.15, -0.1) is 0 Å². The number of pyridine rings is 8. The lowest BCUT2D eigenvalue weighted by Crippen LogP contribution is -2.31. The van der Waals surface area contributed by atoms with Gasteiger partial charge in [-0.2, -0.15) is 0 Å². The Hall–Kier alpha value is -13.8. The molecule has 20 aromatic rings. The molecule has 21 rings (SSSR count). The molecule has 0 aliphatic heterocycles. The van der Waals surface area contributed by atoms with Crippen molar-refractivity contribution in [2.75, 3.05) is 0 Å². The van der Waals surface area contributed by atoms with E-state index in [0.29, 0.717) is 40.8 Å². The summed E-state index contributed by atoms with van der Waals surface area (Å²) >= 11 is 0. The third-order valence-electron chi connectivity index (χ3n) is 26.0. The molecule has 8 aromatic carbocycles. The van der Waals surface area contributed by atoms with E-state index in [-0.39, 0.29) is 0 Å². The number of benzene rings is 8. The Balaban J connectivity index is 0.000000115. The maximum atomic E-state index is 6.52. The molecule has 0 saturated heterocycles. The fraction of sp³-hybridized carbons (Fsp3) is 0.241. The number of hydrogen-bond donors (Lipinski definition) is 0. The van der Waals surface area contributed by atoms with Crippen molar-refractivity contribution in [3.63, 3.8) is 0 Å². The molecule has 0 N–H and O–H groups in total. The van der Waals surface area contributed by atoms with Crippen molar-refractivity contribution in [2.45, 2.75) is 159 Å². The summed E-state index contributed by atoms with van der Waals surface area (Å²) in [6.45, 7) is 32.3. The van der Waals surface area contributed by atoms with Crippen LogP contribution in [0.4, 0.5) is 0 Å². The molecule has 0 radical (unpaired) electrons. The highest BCUT2D eigenvalue weighted by atomic mass is 16.4. The highest BCUT2D eigenvalue weighted by Gasteiger charge is 2.31. The van der Waals surface area contributed by atoms with Crippen LogP contribution in [0, 0.1) is 48.5 Å². The van der Waals surface area contributed by atoms with Gasteiger partial charge in [-0.05, 0) is 213 Å². The van der Waals surface area contributed by atoms with Crippen molar-refractivity contribution in [3.8, 4) is 89.5 Å². The Morgan fingerprint density at radius 2 is 0.625 bits per heavy atom. The fourth-order valence-corrected chi connectivity index (χ4v) is 18.8. The lowest BCUT2D eigenvalue weighted by atomic mass is 9.92. The van der Waals surface area contributed by atoms with E-state index < -0.39 is 0 Å². The van der Waals surface area contributed by atoms with Crippen molar-refractivity contribution in [2.24, 2.45) is 28.2 Å². The van der Waals surface area contributed by atoms with Crippen LogP contribution in [-0.2, 0) is 28.2 Å². The number of furan rings is 4. The molecule has 12 heterocycles. The summed E-state index contributed by atoms with van der Waals surface area (Å²) in [6.07, 6.45) is 13.9. The number of rotatable bonds is 13. The molecule has 0 spiro atoms. The third-order valence-corrected chi connectivity index (χ3v) is 26.0. The number of fused-ring (bicyclic) bond motifs is 12. The van der Waals surface area contributed by atoms with Gasteiger partial charge in [0, 0.05) is 102 Å². The van der Waals surface area contributed by atoms with Crippen LogP contribution in [0.3, 0.4) is 0 Å². The normalized spacial score (nSPS) is 12.5. The summed E-state index contributed by atoms with van der Waals surface area (Å²) in [4.78, 5) is 19.3. The fourth-order valence-electron chi connectivity index (χ4n) is 18.8. The Labute approximate surface area is 751 Å². The van der Waals surface area contributed by atoms with Crippen molar-refractivity contribution >= 4 is 88.3 Å². The van der Waals surface area contributed by atoms with Gasteiger partial charge >= 0.3 is 0 Å². The highest BCUT2D eigenvalue weighted by Crippen LogP contribution is 2.46. The third kappa shape index (κ3) is 16.3.